The number of carbonyl (C=O) groups excluding carboxylic acids is 1. The molecule has 1 spiro atoms. The Hall–Kier alpha value is -1.06. The molecule has 0 atom stereocenters. The minimum Gasteiger partial charge on any atom is -0.309 e. The lowest BCUT2D eigenvalue weighted by molar-refractivity contribution is 0.110. The number of nitrogens with one attached hydrogen (secondary N) is 2. The first-order chi connectivity index (χ1) is 7.47. The molecule has 16 heavy (non-hydrogen) atoms. The molecule has 1 saturated heterocycles. The quantitative estimate of drug-likeness (QED) is 0.704. The monoisotopic (exact) mass is 223 g/mol. The molecule has 1 heterocycles. The maximum Gasteiger partial charge on any atom is 0.323 e. The molecule has 4 nitrogen and oxygen atoms in total. The SMILES string of the molecule is CC1CCC2(CC1)C(=N)NC(=O)N2C(C)C. The Morgan fingerprint density at radius 3 is 2.50 bits per heavy atom. The number of hydrogen-bond acceptors (Lipinski definition) is 2. The fourth-order valence-corrected chi connectivity index (χ4v) is 3.06. The maximum absolute atomic E-state index is 11.9. The van der Waals surface area contributed by atoms with Gasteiger partial charge in [-0.1, -0.05) is 6.92 Å². The van der Waals surface area contributed by atoms with Crippen LogP contribution in [0.1, 0.15) is 46.5 Å². The van der Waals surface area contributed by atoms with Crippen molar-refractivity contribution in [1.29, 1.82) is 5.41 Å². The third kappa shape index (κ3) is 1.51. The van der Waals surface area contributed by atoms with E-state index in [-0.39, 0.29) is 17.6 Å². The smallest absolute Gasteiger partial charge is 0.309 e. The molecule has 1 saturated carbocycles. The van der Waals surface area contributed by atoms with Crippen LogP contribution in [0.15, 0.2) is 0 Å². The standard InChI is InChI=1S/C12H21N3O/c1-8(2)15-11(16)14-10(13)12(15)6-4-9(3)5-7-12/h8-9H,4-7H2,1-3H3,(H2,13,14,16). The second kappa shape index (κ2) is 3.75. The molecule has 1 aliphatic carbocycles. The topological polar surface area (TPSA) is 56.2 Å². The minimum atomic E-state index is -0.322. The van der Waals surface area contributed by atoms with E-state index in [1.807, 2.05) is 18.7 Å². The van der Waals surface area contributed by atoms with E-state index < -0.39 is 0 Å². The van der Waals surface area contributed by atoms with Gasteiger partial charge < -0.3 is 4.90 Å². The maximum atomic E-state index is 11.9. The van der Waals surface area contributed by atoms with Crippen molar-refractivity contribution in [3.8, 4) is 0 Å². The predicted octanol–water partition coefficient (Wildman–Crippen LogP) is 2.35. The van der Waals surface area contributed by atoms with E-state index >= 15 is 0 Å². The highest BCUT2D eigenvalue weighted by Crippen LogP contribution is 2.40. The summed E-state index contributed by atoms with van der Waals surface area (Å²) >= 11 is 0. The number of carbonyl (C=O) groups is 1. The van der Waals surface area contributed by atoms with Crippen LogP contribution >= 0.6 is 0 Å². The Balaban J connectivity index is 2.29. The van der Waals surface area contributed by atoms with Gasteiger partial charge in [-0.25, -0.2) is 4.79 Å². The van der Waals surface area contributed by atoms with Gasteiger partial charge in [0, 0.05) is 6.04 Å². The average molecular weight is 223 g/mol. The van der Waals surface area contributed by atoms with E-state index in [4.69, 9.17) is 5.41 Å². The summed E-state index contributed by atoms with van der Waals surface area (Å²) in [7, 11) is 0. The van der Waals surface area contributed by atoms with E-state index in [0.29, 0.717) is 5.84 Å². The summed E-state index contributed by atoms with van der Waals surface area (Å²) in [6.45, 7) is 6.30. The molecule has 2 rings (SSSR count). The Labute approximate surface area is 96.9 Å². The van der Waals surface area contributed by atoms with Gasteiger partial charge in [0.15, 0.2) is 0 Å². The molecule has 4 heteroatoms. The van der Waals surface area contributed by atoms with Crippen LogP contribution in [0, 0.1) is 11.3 Å². The van der Waals surface area contributed by atoms with E-state index in [1.54, 1.807) is 0 Å². The Bertz CT molecular complexity index is 316. The molecule has 2 fully saturated rings. The third-order valence-electron chi connectivity index (χ3n) is 4.00. The van der Waals surface area contributed by atoms with Crippen molar-refractivity contribution < 1.29 is 4.79 Å². The molecule has 0 aromatic heterocycles. The van der Waals surface area contributed by atoms with E-state index in [1.165, 1.54) is 0 Å². The van der Waals surface area contributed by atoms with Crippen molar-refractivity contribution in [2.45, 2.75) is 58.0 Å². The number of rotatable bonds is 1. The number of amidine groups is 1. The summed E-state index contributed by atoms with van der Waals surface area (Å²) < 4.78 is 0. The number of nitrogens with zero attached hydrogens (tertiary/aromatic N) is 1. The van der Waals surface area contributed by atoms with Crippen molar-refractivity contribution in [2.75, 3.05) is 0 Å². The molecule has 1 aliphatic heterocycles. The van der Waals surface area contributed by atoms with Crippen molar-refractivity contribution in [3.63, 3.8) is 0 Å². The Morgan fingerprint density at radius 1 is 1.44 bits per heavy atom. The summed E-state index contributed by atoms with van der Waals surface area (Å²) in [4.78, 5) is 13.7. The van der Waals surface area contributed by atoms with Crippen LogP contribution in [0.3, 0.4) is 0 Å². The van der Waals surface area contributed by atoms with Crippen molar-refractivity contribution in [3.05, 3.63) is 0 Å². The minimum absolute atomic E-state index is 0.0884. The third-order valence-corrected chi connectivity index (χ3v) is 4.00. The fraction of sp³-hybridized carbons (Fsp3) is 0.833. The molecule has 0 unspecified atom stereocenters. The first kappa shape index (κ1) is 11.4. The van der Waals surface area contributed by atoms with E-state index in [9.17, 15) is 4.79 Å². The summed E-state index contributed by atoms with van der Waals surface area (Å²) in [6.07, 6.45) is 4.09. The molecule has 2 amide bonds. The van der Waals surface area contributed by atoms with Gasteiger partial charge in [0.2, 0.25) is 0 Å². The summed E-state index contributed by atoms with van der Waals surface area (Å²) in [5, 5.41) is 10.7. The van der Waals surface area contributed by atoms with Gasteiger partial charge >= 0.3 is 6.03 Å². The molecule has 0 bridgehead atoms. The van der Waals surface area contributed by atoms with Gasteiger partial charge in [0.1, 0.15) is 11.4 Å². The first-order valence-corrected chi connectivity index (χ1v) is 6.17. The van der Waals surface area contributed by atoms with Crippen LogP contribution in [0.5, 0.6) is 0 Å². The summed E-state index contributed by atoms with van der Waals surface area (Å²) in [6, 6.07) is 0.0748. The van der Waals surface area contributed by atoms with Crippen LogP contribution in [0.4, 0.5) is 4.79 Å². The summed E-state index contributed by atoms with van der Waals surface area (Å²) in [5.41, 5.74) is -0.322. The van der Waals surface area contributed by atoms with Gasteiger partial charge in [-0.3, -0.25) is 10.7 Å². The van der Waals surface area contributed by atoms with Crippen LogP contribution in [0.2, 0.25) is 0 Å². The largest absolute Gasteiger partial charge is 0.323 e. The molecule has 90 valence electrons. The molecule has 0 aromatic rings. The molecular weight excluding hydrogens is 202 g/mol. The van der Waals surface area contributed by atoms with E-state index in [0.717, 1.165) is 31.6 Å². The number of urea groups is 1. The number of amides is 2. The predicted molar refractivity (Wildman–Crippen MR) is 63.6 cm³/mol. The second-order valence-electron chi connectivity index (χ2n) is 5.48. The van der Waals surface area contributed by atoms with Crippen molar-refractivity contribution in [1.82, 2.24) is 10.2 Å². The van der Waals surface area contributed by atoms with Crippen LogP contribution in [-0.4, -0.2) is 28.3 Å². The highest BCUT2D eigenvalue weighted by atomic mass is 16.2. The summed E-state index contributed by atoms with van der Waals surface area (Å²) in [5.74, 6) is 1.14. The van der Waals surface area contributed by atoms with Crippen LogP contribution < -0.4 is 5.32 Å². The van der Waals surface area contributed by atoms with Gasteiger partial charge in [-0.15, -0.1) is 0 Å². The molecule has 0 aromatic carbocycles. The van der Waals surface area contributed by atoms with Crippen LogP contribution in [0.25, 0.3) is 0 Å². The Kier molecular flexibility index (Phi) is 2.68. The van der Waals surface area contributed by atoms with Crippen LogP contribution in [-0.2, 0) is 0 Å². The first-order valence-electron chi connectivity index (χ1n) is 6.17. The zero-order valence-electron chi connectivity index (χ0n) is 10.3. The van der Waals surface area contributed by atoms with Crippen molar-refractivity contribution >= 4 is 11.9 Å². The lowest BCUT2D eigenvalue weighted by Crippen LogP contribution is -2.54. The van der Waals surface area contributed by atoms with Gasteiger partial charge in [0.05, 0.1) is 0 Å². The average Bonchev–Trinajstić information content (AvgIpc) is 2.43. The number of hydrogen-bond donors (Lipinski definition) is 2. The lowest BCUT2D eigenvalue weighted by Gasteiger charge is -2.43. The molecule has 2 aliphatic rings. The van der Waals surface area contributed by atoms with Gasteiger partial charge in [-0.2, -0.15) is 0 Å². The molecule has 0 radical (unpaired) electrons. The van der Waals surface area contributed by atoms with Crippen molar-refractivity contribution in [2.24, 2.45) is 5.92 Å². The van der Waals surface area contributed by atoms with Gasteiger partial charge in [-0.05, 0) is 45.4 Å². The zero-order valence-corrected chi connectivity index (χ0v) is 10.3. The molecular formula is C12H21N3O. The van der Waals surface area contributed by atoms with Gasteiger partial charge in [0.25, 0.3) is 0 Å². The molecule has 2 N–H and O–H groups in total. The highest BCUT2D eigenvalue weighted by molar-refractivity contribution is 6.08. The normalized spacial score (nSPS) is 35.0. The van der Waals surface area contributed by atoms with E-state index in [2.05, 4.69) is 12.2 Å². The Morgan fingerprint density at radius 2 is 2.00 bits per heavy atom. The zero-order chi connectivity index (χ0) is 11.9. The fourth-order valence-electron chi connectivity index (χ4n) is 3.06. The second-order valence-corrected chi connectivity index (χ2v) is 5.48. The highest BCUT2D eigenvalue weighted by Gasteiger charge is 2.51. The lowest BCUT2D eigenvalue weighted by atomic mass is 9.75.